The van der Waals surface area contributed by atoms with Crippen LogP contribution in [0, 0.1) is 11.8 Å². The molecular formula is C8H15NO4. The summed E-state index contributed by atoms with van der Waals surface area (Å²) in [7, 11) is 0. The summed E-state index contributed by atoms with van der Waals surface area (Å²) >= 11 is 0. The fourth-order valence-electron chi connectivity index (χ4n) is 1.16. The fourth-order valence-corrected chi connectivity index (χ4v) is 1.16. The van der Waals surface area contributed by atoms with Crippen molar-refractivity contribution in [2.75, 3.05) is 0 Å². The molecule has 13 heavy (non-hydrogen) atoms. The Morgan fingerprint density at radius 2 is 1.77 bits per heavy atom. The number of hydrogen-bond acceptors (Lipinski definition) is 3. The second kappa shape index (κ2) is 4.81. The van der Waals surface area contributed by atoms with Gasteiger partial charge in [-0.3, -0.25) is 9.59 Å². The molecule has 0 saturated heterocycles. The van der Waals surface area contributed by atoms with E-state index < -0.39 is 23.9 Å². The first-order chi connectivity index (χ1) is 5.86. The highest BCUT2D eigenvalue weighted by atomic mass is 16.4. The summed E-state index contributed by atoms with van der Waals surface area (Å²) in [6, 6.07) is -1.10. The predicted molar refractivity (Wildman–Crippen MR) is 46.2 cm³/mol. The molecule has 0 radical (unpaired) electrons. The van der Waals surface area contributed by atoms with Crippen molar-refractivity contribution in [1.29, 1.82) is 0 Å². The minimum atomic E-state index is -1.15. The maximum atomic E-state index is 10.5. The molecule has 0 amide bonds. The highest BCUT2D eigenvalue weighted by molar-refractivity contribution is 5.75. The van der Waals surface area contributed by atoms with Gasteiger partial charge in [0.1, 0.15) is 6.04 Å². The second-order valence-electron chi connectivity index (χ2n) is 3.37. The van der Waals surface area contributed by atoms with Crippen LogP contribution in [0.25, 0.3) is 0 Å². The summed E-state index contributed by atoms with van der Waals surface area (Å²) in [5.74, 6) is -2.74. The van der Waals surface area contributed by atoms with Gasteiger partial charge in [-0.25, -0.2) is 0 Å². The molecule has 4 N–H and O–H groups in total. The van der Waals surface area contributed by atoms with E-state index in [1.54, 1.807) is 13.8 Å². The zero-order valence-electron chi connectivity index (χ0n) is 7.73. The SMILES string of the molecule is CC(C)[C@@H](CC(=O)O)[C@@H](N)C(=O)O. The molecule has 0 aliphatic rings. The van der Waals surface area contributed by atoms with Gasteiger partial charge in [-0.1, -0.05) is 13.8 Å². The van der Waals surface area contributed by atoms with Crippen LogP contribution in [-0.2, 0) is 9.59 Å². The van der Waals surface area contributed by atoms with Gasteiger partial charge in [0.2, 0.25) is 0 Å². The van der Waals surface area contributed by atoms with Crippen LogP contribution in [-0.4, -0.2) is 28.2 Å². The Kier molecular flexibility index (Phi) is 4.40. The Morgan fingerprint density at radius 3 is 2.00 bits per heavy atom. The summed E-state index contributed by atoms with van der Waals surface area (Å²) in [5.41, 5.74) is 5.35. The van der Waals surface area contributed by atoms with Gasteiger partial charge in [0.25, 0.3) is 0 Å². The fraction of sp³-hybridized carbons (Fsp3) is 0.750. The molecule has 0 fully saturated rings. The van der Waals surface area contributed by atoms with Crippen molar-refractivity contribution in [1.82, 2.24) is 0 Å². The van der Waals surface area contributed by atoms with E-state index >= 15 is 0 Å². The van der Waals surface area contributed by atoms with Crippen molar-refractivity contribution in [3.63, 3.8) is 0 Å². The Hall–Kier alpha value is -1.10. The molecule has 5 nitrogen and oxygen atoms in total. The third kappa shape index (κ3) is 3.89. The molecule has 0 unspecified atom stereocenters. The number of aliphatic carboxylic acids is 2. The molecule has 0 heterocycles. The number of hydrogen-bond donors (Lipinski definition) is 3. The van der Waals surface area contributed by atoms with Crippen molar-refractivity contribution in [3.8, 4) is 0 Å². The summed E-state index contributed by atoms with van der Waals surface area (Å²) in [5, 5.41) is 17.1. The standard InChI is InChI=1S/C8H15NO4/c1-4(2)5(3-6(10)11)7(9)8(12)13/h4-5,7H,3,9H2,1-2H3,(H,10,11)(H,12,13)/t5-,7-/m1/s1. The lowest BCUT2D eigenvalue weighted by Gasteiger charge is -2.22. The quantitative estimate of drug-likeness (QED) is 0.571. The number of rotatable bonds is 5. The number of carboxylic acids is 2. The van der Waals surface area contributed by atoms with Crippen LogP contribution in [0.4, 0.5) is 0 Å². The van der Waals surface area contributed by atoms with Crippen molar-refractivity contribution < 1.29 is 19.8 Å². The average molecular weight is 189 g/mol. The minimum absolute atomic E-state index is 0.0535. The van der Waals surface area contributed by atoms with Crippen LogP contribution in [0.15, 0.2) is 0 Å². The minimum Gasteiger partial charge on any atom is -0.481 e. The third-order valence-corrected chi connectivity index (χ3v) is 2.01. The highest BCUT2D eigenvalue weighted by Crippen LogP contribution is 2.18. The molecule has 0 aromatic carbocycles. The van der Waals surface area contributed by atoms with E-state index in [2.05, 4.69) is 0 Å². The zero-order chi connectivity index (χ0) is 10.6. The van der Waals surface area contributed by atoms with Gasteiger partial charge in [0.05, 0.1) is 6.42 Å². The van der Waals surface area contributed by atoms with Gasteiger partial charge in [-0.15, -0.1) is 0 Å². The van der Waals surface area contributed by atoms with Gasteiger partial charge in [0, 0.05) is 0 Å². The smallest absolute Gasteiger partial charge is 0.320 e. The molecule has 0 aliphatic heterocycles. The van der Waals surface area contributed by atoms with Crippen LogP contribution in [0.5, 0.6) is 0 Å². The van der Waals surface area contributed by atoms with Gasteiger partial charge in [0.15, 0.2) is 0 Å². The van der Waals surface area contributed by atoms with E-state index in [1.165, 1.54) is 0 Å². The predicted octanol–water partition coefficient (Wildman–Crippen LogP) is 0.145. The molecular weight excluding hydrogens is 174 g/mol. The van der Waals surface area contributed by atoms with Gasteiger partial charge in [-0.2, -0.15) is 0 Å². The molecule has 0 rings (SSSR count). The topological polar surface area (TPSA) is 101 Å². The van der Waals surface area contributed by atoms with Crippen molar-refractivity contribution in [2.24, 2.45) is 17.6 Å². The first-order valence-corrected chi connectivity index (χ1v) is 4.06. The summed E-state index contributed by atoms with van der Waals surface area (Å²) in [4.78, 5) is 20.9. The summed E-state index contributed by atoms with van der Waals surface area (Å²) in [6.07, 6.45) is -0.203. The highest BCUT2D eigenvalue weighted by Gasteiger charge is 2.28. The average Bonchev–Trinajstić information content (AvgIpc) is 1.97. The Balaban J connectivity index is 4.41. The van der Waals surface area contributed by atoms with E-state index in [-0.39, 0.29) is 12.3 Å². The van der Waals surface area contributed by atoms with E-state index in [4.69, 9.17) is 15.9 Å². The van der Waals surface area contributed by atoms with Gasteiger partial charge >= 0.3 is 11.9 Å². The van der Waals surface area contributed by atoms with Crippen LogP contribution in [0.2, 0.25) is 0 Å². The molecule has 0 aliphatic carbocycles. The van der Waals surface area contributed by atoms with E-state index in [9.17, 15) is 9.59 Å². The van der Waals surface area contributed by atoms with Crippen molar-refractivity contribution >= 4 is 11.9 Å². The Labute approximate surface area is 76.5 Å². The first-order valence-electron chi connectivity index (χ1n) is 4.06. The third-order valence-electron chi connectivity index (χ3n) is 2.01. The monoisotopic (exact) mass is 189 g/mol. The Morgan fingerprint density at radius 1 is 1.31 bits per heavy atom. The maximum Gasteiger partial charge on any atom is 0.320 e. The van der Waals surface area contributed by atoms with Crippen LogP contribution < -0.4 is 5.73 Å². The lowest BCUT2D eigenvalue weighted by Crippen LogP contribution is -2.41. The molecule has 0 spiro atoms. The lowest BCUT2D eigenvalue weighted by molar-refractivity contribution is -0.142. The zero-order valence-corrected chi connectivity index (χ0v) is 7.73. The molecule has 0 aromatic heterocycles. The summed E-state index contributed by atoms with van der Waals surface area (Å²) < 4.78 is 0. The van der Waals surface area contributed by atoms with E-state index in [1.807, 2.05) is 0 Å². The molecule has 76 valence electrons. The number of carboxylic acid groups (broad SMARTS) is 2. The van der Waals surface area contributed by atoms with Crippen molar-refractivity contribution in [2.45, 2.75) is 26.3 Å². The van der Waals surface area contributed by atoms with Gasteiger partial charge in [-0.05, 0) is 11.8 Å². The first kappa shape index (κ1) is 11.9. The maximum absolute atomic E-state index is 10.5. The molecule has 0 aromatic rings. The van der Waals surface area contributed by atoms with Crippen LogP contribution >= 0.6 is 0 Å². The van der Waals surface area contributed by atoms with Crippen molar-refractivity contribution in [3.05, 3.63) is 0 Å². The molecule has 2 atom stereocenters. The molecule has 0 saturated carbocycles. The molecule has 0 bridgehead atoms. The number of nitrogens with two attached hydrogens (primary N) is 1. The lowest BCUT2D eigenvalue weighted by atomic mass is 9.86. The van der Waals surface area contributed by atoms with E-state index in [0.29, 0.717) is 0 Å². The number of carbonyl (C=O) groups is 2. The van der Waals surface area contributed by atoms with E-state index in [0.717, 1.165) is 0 Å². The largest absolute Gasteiger partial charge is 0.481 e. The normalized spacial score (nSPS) is 15.4. The van der Waals surface area contributed by atoms with Crippen LogP contribution in [0.1, 0.15) is 20.3 Å². The van der Waals surface area contributed by atoms with Gasteiger partial charge < -0.3 is 15.9 Å². The Bertz CT molecular complexity index is 202. The molecule has 5 heteroatoms. The summed E-state index contributed by atoms with van der Waals surface area (Å²) in [6.45, 7) is 3.52. The van der Waals surface area contributed by atoms with Crippen LogP contribution in [0.3, 0.4) is 0 Å². The second-order valence-corrected chi connectivity index (χ2v) is 3.37.